The van der Waals surface area contributed by atoms with E-state index in [1.54, 1.807) is 19.9 Å². The molecule has 20 heavy (non-hydrogen) atoms. The molecular formula is C15H14ClF2NO. The fourth-order valence-corrected chi connectivity index (χ4v) is 1.96. The third-order valence-electron chi connectivity index (χ3n) is 2.92. The molecular weight excluding hydrogens is 284 g/mol. The molecule has 0 saturated carbocycles. The van der Waals surface area contributed by atoms with E-state index in [1.807, 2.05) is 0 Å². The van der Waals surface area contributed by atoms with Crippen molar-refractivity contribution in [3.05, 3.63) is 58.1 Å². The van der Waals surface area contributed by atoms with Crippen LogP contribution >= 0.6 is 11.6 Å². The molecule has 0 aliphatic carbocycles. The summed E-state index contributed by atoms with van der Waals surface area (Å²) in [6.07, 6.45) is 0. The van der Waals surface area contributed by atoms with Gasteiger partial charge in [-0.2, -0.15) is 0 Å². The molecule has 2 rings (SSSR count). The van der Waals surface area contributed by atoms with E-state index in [-0.39, 0.29) is 16.6 Å². The molecule has 2 aromatic carbocycles. The number of hydrogen-bond donors (Lipinski definition) is 1. The largest absolute Gasteiger partial charge is 0.454 e. The second kappa shape index (κ2) is 5.77. The van der Waals surface area contributed by atoms with E-state index in [2.05, 4.69) is 0 Å². The predicted molar refractivity (Wildman–Crippen MR) is 75.2 cm³/mol. The van der Waals surface area contributed by atoms with Crippen LogP contribution in [-0.2, 0) is 0 Å². The average molecular weight is 298 g/mol. The zero-order valence-electron chi connectivity index (χ0n) is 11.1. The van der Waals surface area contributed by atoms with Crippen LogP contribution in [0.4, 0.5) is 8.78 Å². The fraction of sp³-hybridized carbons (Fsp3) is 0.200. The maximum Gasteiger partial charge on any atom is 0.184 e. The zero-order valence-corrected chi connectivity index (χ0v) is 11.8. The van der Waals surface area contributed by atoms with E-state index in [4.69, 9.17) is 22.1 Å². The van der Waals surface area contributed by atoms with Gasteiger partial charge in [-0.05, 0) is 43.7 Å². The van der Waals surface area contributed by atoms with Gasteiger partial charge in [-0.1, -0.05) is 17.7 Å². The van der Waals surface area contributed by atoms with Crippen molar-refractivity contribution in [1.29, 1.82) is 0 Å². The number of benzene rings is 2. The lowest BCUT2D eigenvalue weighted by Gasteiger charge is -2.15. The van der Waals surface area contributed by atoms with Crippen molar-refractivity contribution in [1.82, 2.24) is 0 Å². The minimum absolute atomic E-state index is 0.0228. The van der Waals surface area contributed by atoms with Crippen LogP contribution < -0.4 is 10.5 Å². The number of ether oxygens (including phenoxy) is 1. The van der Waals surface area contributed by atoms with E-state index in [0.717, 1.165) is 0 Å². The van der Waals surface area contributed by atoms with Crippen LogP contribution in [0.15, 0.2) is 30.3 Å². The molecule has 1 atom stereocenters. The summed E-state index contributed by atoms with van der Waals surface area (Å²) >= 11 is 5.70. The van der Waals surface area contributed by atoms with Gasteiger partial charge in [0.25, 0.3) is 0 Å². The quantitative estimate of drug-likeness (QED) is 0.888. The molecule has 0 unspecified atom stereocenters. The van der Waals surface area contributed by atoms with Crippen LogP contribution in [0.25, 0.3) is 0 Å². The highest BCUT2D eigenvalue weighted by Crippen LogP contribution is 2.34. The molecule has 0 aliphatic rings. The Morgan fingerprint density at radius 2 is 1.90 bits per heavy atom. The summed E-state index contributed by atoms with van der Waals surface area (Å²) in [5, 5.41) is -0.0383. The van der Waals surface area contributed by atoms with E-state index in [0.29, 0.717) is 16.9 Å². The summed E-state index contributed by atoms with van der Waals surface area (Å²) in [4.78, 5) is 0. The molecule has 0 spiro atoms. The molecule has 0 aliphatic heterocycles. The third kappa shape index (κ3) is 2.92. The Morgan fingerprint density at radius 1 is 1.20 bits per heavy atom. The van der Waals surface area contributed by atoms with Crippen molar-refractivity contribution >= 4 is 11.6 Å². The summed E-state index contributed by atoms with van der Waals surface area (Å²) in [6.45, 7) is 3.30. The van der Waals surface area contributed by atoms with Crippen molar-refractivity contribution in [2.45, 2.75) is 19.9 Å². The van der Waals surface area contributed by atoms with Gasteiger partial charge in [0.1, 0.15) is 11.6 Å². The molecule has 0 saturated heterocycles. The summed E-state index contributed by atoms with van der Waals surface area (Å²) < 4.78 is 32.9. The summed E-state index contributed by atoms with van der Waals surface area (Å²) in [6, 6.07) is 6.80. The third-order valence-corrected chi connectivity index (χ3v) is 3.21. The number of hydrogen-bond acceptors (Lipinski definition) is 2. The molecule has 2 N–H and O–H groups in total. The van der Waals surface area contributed by atoms with Gasteiger partial charge in [-0.25, -0.2) is 8.78 Å². The van der Waals surface area contributed by atoms with Crippen molar-refractivity contribution in [3.63, 3.8) is 0 Å². The van der Waals surface area contributed by atoms with E-state index >= 15 is 0 Å². The molecule has 2 aromatic rings. The molecule has 5 heteroatoms. The highest BCUT2D eigenvalue weighted by Gasteiger charge is 2.15. The topological polar surface area (TPSA) is 35.2 Å². The first-order valence-electron chi connectivity index (χ1n) is 6.07. The highest BCUT2D eigenvalue weighted by atomic mass is 35.5. The lowest BCUT2D eigenvalue weighted by atomic mass is 10.1. The SMILES string of the molecule is Cc1cc(Oc2cccc(Cl)c2F)c([C@H](C)N)cc1F. The summed E-state index contributed by atoms with van der Waals surface area (Å²) in [5.41, 5.74) is 6.65. The number of aryl methyl sites for hydroxylation is 1. The highest BCUT2D eigenvalue weighted by molar-refractivity contribution is 6.30. The first-order valence-corrected chi connectivity index (χ1v) is 6.45. The van der Waals surface area contributed by atoms with Crippen LogP contribution in [0.3, 0.4) is 0 Å². The lowest BCUT2D eigenvalue weighted by Crippen LogP contribution is -2.08. The minimum atomic E-state index is -0.660. The van der Waals surface area contributed by atoms with Gasteiger partial charge in [-0.3, -0.25) is 0 Å². The predicted octanol–water partition coefficient (Wildman–Crippen LogP) is 4.74. The van der Waals surface area contributed by atoms with Crippen LogP contribution in [0.5, 0.6) is 11.5 Å². The number of rotatable bonds is 3. The Hall–Kier alpha value is -1.65. The fourth-order valence-electron chi connectivity index (χ4n) is 1.80. The van der Waals surface area contributed by atoms with Gasteiger partial charge in [0, 0.05) is 11.6 Å². The molecule has 0 radical (unpaired) electrons. The van der Waals surface area contributed by atoms with Crippen LogP contribution in [0, 0.1) is 18.6 Å². The maximum atomic E-state index is 13.8. The van der Waals surface area contributed by atoms with Crippen LogP contribution in [-0.4, -0.2) is 0 Å². The number of halogens is 3. The molecule has 0 fully saturated rings. The van der Waals surface area contributed by atoms with Crippen molar-refractivity contribution in [2.24, 2.45) is 5.73 Å². The first kappa shape index (κ1) is 14.8. The molecule has 0 bridgehead atoms. The second-order valence-electron chi connectivity index (χ2n) is 4.58. The van der Waals surface area contributed by atoms with Gasteiger partial charge in [0.15, 0.2) is 11.6 Å². The van der Waals surface area contributed by atoms with Gasteiger partial charge in [0.05, 0.1) is 5.02 Å². The van der Waals surface area contributed by atoms with Gasteiger partial charge in [-0.15, -0.1) is 0 Å². The van der Waals surface area contributed by atoms with E-state index in [9.17, 15) is 8.78 Å². The monoisotopic (exact) mass is 297 g/mol. The first-order chi connectivity index (χ1) is 9.40. The maximum absolute atomic E-state index is 13.8. The van der Waals surface area contributed by atoms with Gasteiger partial charge in [0.2, 0.25) is 0 Å². The zero-order chi connectivity index (χ0) is 14.9. The lowest BCUT2D eigenvalue weighted by molar-refractivity contribution is 0.433. The smallest absolute Gasteiger partial charge is 0.184 e. The minimum Gasteiger partial charge on any atom is -0.454 e. The average Bonchev–Trinajstić information content (AvgIpc) is 2.38. The standard InChI is InChI=1S/C15H14ClF2NO/c1-8-6-14(10(9(2)19)7-12(8)17)20-13-5-3-4-11(16)15(13)18/h3-7,9H,19H2,1-2H3/t9-/m0/s1. The molecule has 2 nitrogen and oxygen atoms in total. The van der Waals surface area contributed by atoms with Gasteiger partial charge < -0.3 is 10.5 Å². The Bertz CT molecular complexity index is 644. The second-order valence-corrected chi connectivity index (χ2v) is 4.99. The molecule has 0 aromatic heterocycles. The normalized spacial score (nSPS) is 12.3. The van der Waals surface area contributed by atoms with Crippen LogP contribution in [0.1, 0.15) is 24.1 Å². The molecule has 106 valence electrons. The van der Waals surface area contributed by atoms with Crippen molar-refractivity contribution in [2.75, 3.05) is 0 Å². The van der Waals surface area contributed by atoms with Crippen molar-refractivity contribution in [3.8, 4) is 11.5 Å². The Morgan fingerprint density at radius 3 is 2.55 bits per heavy atom. The van der Waals surface area contributed by atoms with E-state index < -0.39 is 11.9 Å². The summed E-state index contributed by atoms with van der Waals surface area (Å²) in [7, 11) is 0. The molecule has 0 heterocycles. The Kier molecular flexibility index (Phi) is 4.26. The van der Waals surface area contributed by atoms with Gasteiger partial charge >= 0.3 is 0 Å². The van der Waals surface area contributed by atoms with E-state index in [1.165, 1.54) is 24.3 Å². The van der Waals surface area contributed by atoms with Crippen molar-refractivity contribution < 1.29 is 13.5 Å². The Labute approximate surface area is 121 Å². The molecule has 0 amide bonds. The Balaban J connectivity index is 2.47. The number of nitrogens with two attached hydrogens (primary N) is 1. The summed E-state index contributed by atoms with van der Waals surface area (Å²) in [5.74, 6) is -0.742. The van der Waals surface area contributed by atoms with Crippen LogP contribution in [0.2, 0.25) is 5.02 Å².